The second-order valence-corrected chi connectivity index (χ2v) is 34.8. The molecule has 8 heterocycles. The van der Waals surface area contributed by atoms with Crippen molar-refractivity contribution in [2.24, 2.45) is 0 Å². The molecule has 0 radical (unpaired) electrons. The summed E-state index contributed by atoms with van der Waals surface area (Å²) in [5.74, 6) is 0.731. The van der Waals surface area contributed by atoms with Crippen molar-refractivity contribution in [2.75, 3.05) is 0 Å². The lowest BCUT2D eigenvalue weighted by Gasteiger charge is -2.14. The lowest BCUT2D eigenvalue weighted by molar-refractivity contribution is 1.16. The molecule has 29 aromatic rings. The molecule has 0 bridgehead atoms. The topological polar surface area (TPSA) is 102 Å². The van der Waals surface area contributed by atoms with Gasteiger partial charge < -0.3 is 22.8 Å². The summed E-state index contributed by atoms with van der Waals surface area (Å²) >= 11 is 0. The molecular weight excluding hydrogens is 1640 g/mol. The van der Waals surface area contributed by atoms with Crippen LogP contribution in [0.5, 0.6) is 0 Å². The maximum atomic E-state index is 5.35. The summed E-state index contributed by atoms with van der Waals surface area (Å²) in [4.78, 5) is 29.9. The number of rotatable bonds is 9. The molecule has 0 aliphatic heterocycles. The van der Waals surface area contributed by atoms with E-state index in [9.17, 15) is 0 Å². The van der Waals surface area contributed by atoms with Gasteiger partial charge in [0.1, 0.15) is 0 Å². The standard InChI is InChI=1S/C48H30N4.C40H25N3.C36H22N4/c1-4-15-32(16-5-1)47-48(33-17-6-2-7-18-33)50-41-28-35(25-26-40(41)49-47)52-43-27-24-31-14-10-11-21-36(31)46(43)39-29-38-37-22-12-13-23-42(37)51(44(38)30-45(39)52)34-19-8-3-9-20-34;1-3-13-28(14-4-1)38-34-25-30(21-23-35(34)41-40(42-38)29-15-5-2-6-16-29)43-36-24-20-26-11-7-9-17-31(26)37(36)33-22-19-27-12-8-10-18-32(27)39(33)43;1-2-9-24(10-3-1)39-32-13-7-6-12-27(32)28-21-29-35(22-34(28)39)40(25-15-16-30-31(20-25)38-19-18-37-30)33-17-14-23-8-4-5-11-26(23)36(29)33/h1-30H;1-25H;1-22H. The number of fused-ring (bicyclic) bond motifs is 26. The molecule has 628 valence electrons. The van der Waals surface area contributed by atoms with Crippen LogP contribution in [0.3, 0.4) is 0 Å². The lowest BCUT2D eigenvalue weighted by atomic mass is 10.0. The van der Waals surface area contributed by atoms with Crippen molar-refractivity contribution >= 4 is 185 Å². The Morgan fingerprint density at radius 3 is 1.01 bits per heavy atom. The molecule has 0 atom stereocenters. The van der Waals surface area contributed by atoms with Crippen LogP contribution in [0.2, 0.25) is 0 Å². The van der Waals surface area contributed by atoms with Crippen molar-refractivity contribution in [1.29, 1.82) is 0 Å². The Hall–Kier alpha value is -18.3. The molecule has 0 N–H and O–H groups in total. The maximum absolute atomic E-state index is 5.35. The molecule has 11 heteroatoms. The van der Waals surface area contributed by atoms with E-state index in [1.807, 2.05) is 36.4 Å². The van der Waals surface area contributed by atoms with Crippen LogP contribution < -0.4 is 0 Å². The number of hydrogen-bond donors (Lipinski definition) is 0. The first kappa shape index (κ1) is 76.7. The molecule has 11 nitrogen and oxygen atoms in total. The minimum atomic E-state index is 0.731. The molecular formula is C124H77N11. The molecule has 0 spiro atoms. The van der Waals surface area contributed by atoms with E-state index in [4.69, 9.17) is 19.9 Å². The summed E-state index contributed by atoms with van der Waals surface area (Å²) in [7, 11) is 0. The number of nitrogens with zero attached hydrogens (tertiary/aromatic N) is 11. The second-order valence-electron chi connectivity index (χ2n) is 34.8. The number of aromatic nitrogens is 11. The van der Waals surface area contributed by atoms with Gasteiger partial charge in [0, 0.05) is 128 Å². The molecule has 0 unspecified atom stereocenters. The molecule has 0 aliphatic carbocycles. The van der Waals surface area contributed by atoms with Crippen molar-refractivity contribution < 1.29 is 0 Å². The van der Waals surface area contributed by atoms with Crippen LogP contribution in [0, 0.1) is 0 Å². The third-order valence-electron chi connectivity index (χ3n) is 27.2. The van der Waals surface area contributed by atoms with E-state index in [0.717, 1.165) is 118 Å². The van der Waals surface area contributed by atoms with Gasteiger partial charge in [-0.3, -0.25) is 9.97 Å². The highest BCUT2D eigenvalue weighted by Crippen LogP contribution is 2.48. The first-order chi connectivity index (χ1) is 67.0. The van der Waals surface area contributed by atoms with Crippen LogP contribution in [0.1, 0.15) is 0 Å². The van der Waals surface area contributed by atoms with Crippen molar-refractivity contribution in [2.45, 2.75) is 0 Å². The zero-order valence-corrected chi connectivity index (χ0v) is 72.9. The number of para-hydroxylation sites is 4. The van der Waals surface area contributed by atoms with Gasteiger partial charge in [-0.1, -0.05) is 322 Å². The Balaban J connectivity index is 0.000000104. The van der Waals surface area contributed by atoms with Gasteiger partial charge in [-0.15, -0.1) is 0 Å². The van der Waals surface area contributed by atoms with E-state index < -0.39 is 0 Å². The third kappa shape index (κ3) is 12.5. The van der Waals surface area contributed by atoms with Crippen LogP contribution >= 0.6 is 0 Å². The fourth-order valence-corrected chi connectivity index (χ4v) is 21.2. The predicted octanol–water partition coefficient (Wildman–Crippen LogP) is 31.7. The fraction of sp³-hybridized carbons (Fsp3) is 0. The van der Waals surface area contributed by atoms with Gasteiger partial charge in [0.15, 0.2) is 5.82 Å². The molecule has 135 heavy (non-hydrogen) atoms. The van der Waals surface area contributed by atoms with Gasteiger partial charge in [-0.2, -0.15) is 0 Å². The Bertz CT molecular complexity index is 9870. The zero-order valence-electron chi connectivity index (χ0n) is 72.9. The SMILES string of the molecule is c1ccc(-c2nc(-c3ccccc3)c3cc(-n4c5ccc6ccccc6c5c5ccc6ccccc6c54)ccc3n2)cc1.c1ccc(-c2nc3ccc(-n4c5cc6c(cc5c5c7ccccc7ccc54)c4ccccc4n6-c4ccccc4)cc3nc2-c2ccccc2)cc1.c1ccc(-n2c3ccccc3c3cc4c5c6ccccc6ccc5n(-c5ccc6nccnc6c5)c4cc32)cc1. The fourth-order valence-electron chi connectivity index (χ4n) is 21.2. The Morgan fingerprint density at radius 2 is 0.511 bits per heavy atom. The first-order valence-electron chi connectivity index (χ1n) is 45.8. The van der Waals surface area contributed by atoms with Gasteiger partial charge in [-0.25, -0.2) is 19.9 Å². The average Bonchev–Trinajstić information content (AvgIpc) is 1.45. The highest BCUT2D eigenvalue weighted by Gasteiger charge is 2.26. The largest absolute Gasteiger partial charge is 0.309 e. The van der Waals surface area contributed by atoms with Crippen LogP contribution in [0.15, 0.2) is 467 Å². The van der Waals surface area contributed by atoms with Crippen molar-refractivity contribution in [3.05, 3.63) is 467 Å². The van der Waals surface area contributed by atoms with E-state index in [1.165, 1.54) is 141 Å². The van der Waals surface area contributed by atoms with Gasteiger partial charge >= 0.3 is 0 Å². The molecule has 0 aliphatic rings. The molecule has 0 saturated carbocycles. The summed E-state index contributed by atoms with van der Waals surface area (Å²) in [5, 5.41) is 23.5. The van der Waals surface area contributed by atoms with E-state index in [1.54, 1.807) is 12.4 Å². The second kappa shape index (κ2) is 31.2. The maximum Gasteiger partial charge on any atom is 0.160 e. The van der Waals surface area contributed by atoms with Gasteiger partial charge in [0.25, 0.3) is 0 Å². The lowest BCUT2D eigenvalue weighted by Crippen LogP contribution is -1.99. The van der Waals surface area contributed by atoms with Gasteiger partial charge in [0.2, 0.25) is 0 Å². The van der Waals surface area contributed by atoms with E-state index in [2.05, 4.69) is 451 Å². The monoisotopic (exact) mass is 1720 g/mol. The first-order valence-corrected chi connectivity index (χ1v) is 45.8. The summed E-state index contributed by atoms with van der Waals surface area (Å²) < 4.78 is 12.0. The third-order valence-corrected chi connectivity index (χ3v) is 27.2. The minimum Gasteiger partial charge on any atom is -0.309 e. The molecule has 29 rings (SSSR count). The normalized spacial score (nSPS) is 11.9. The number of benzene rings is 21. The summed E-state index contributed by atoms with van der Waals surface area (Å²) in [5.41, 5.74) is 28.6. The van der Waals surface area contributed by atoms with Gasteiger partial charge in [0.05, 0.1) is 99.8 Å². The highest BCUT2D eigenvalue weighted by atomic mass is 15.0. The van der Waals surface area contributed by atoms with Crippen LogP contribution in [-0.4, -0.2) is 52.7 Å². The van der Waals surface area contributed by atoms with Crippen molar-refractivity contribution in [3.63, 3.8) is 0 Å². The van der Waals surface area contributed by atoms with E-state index in [0.29, 0.717) is 0 Å². The summed E-state index contributed by atoms with van der Waals surface area (Å²) in [6.07, 6.45) is 3.50. The Kier molecular flexibility index (Phi) is 17.7. The zero-order chi connectivity index (χ0) is 88.7. The van der Waals surface area contributed by atoms with E-state index >= 15 is 0 Å². The number of hydrogen-bond acceptors (Lipinski definition) is 6. The molecule has 21 aromatic carbocycles. The minimum absolute atomic E-state index is 0.731. The molecule has 0 saturated heterocycles. The molecule has 0 fully saturated rings. The molecule has 8 aromatic heterocycles. The van der Waals surface area contributed by atoms with E-state index in [-0.39, 0.29) is 0 Å². The Morgan fingerprint density at radius 1 is 0.156 bits per heavy atom. The van der Waals surface area contributed by atoms with Crippen LogP contribution in [-0.2, 0) is 0 Å². The summed E-state index contributed by atoms with van der Waals surface area (Å²) in [6, 6.07) is 162. The quantitative estimate of drug-likeness (QED) is 0.143. The van der Waals surface area contributed by atoms with Crippen LogP contribution in [0.25, 0.3) is 259 Å². The van der Waals surface area contributed by atoms with Crippen molar-refractivity contribution in [1.82, 2.24) is 52.7 Å². The summed E-state index contributed by atoms with van der Waals surface area (Å²) in [6.45, 7) is 0. The van der Waals surface area contributed by atoms with Crippen molar-refractivity contribution in [3.8, 4) is 73.6 Å². The average molecular weight is 1720 g/mol. The van der Waals surface area contributed by atoms with Gasteiger partial charge in [-0.05, 0) is 171 Å². The highest BCUT2D eigenvalue weighted by molar-refractivity contribution is 6.29. The molecule has 0 amide bonds. The smallest absolute Gasteiger partial charge is 0.160 e. The predicted molar refractivity (Wildman–Crippen MR) is 562 cm³/mol. The van der Waals surface area contributed by atoms with Crippen LogP contribution in [0.4, 0.5) is 0 Å². The Labute approximate surface area is 773 Å².